The van der Waals surface area contributed by atoms with Gasteiger partial charge in [0, 0.05) is 43.3 Å². The summed E-state index contributed by atoms with van der Waals surface area (Å²) in [6.07, 6.45) is 5.24. The molecule has 0 unspecified atom stereocenters. The summed E-state index contributed by atoms with van der Waals surface area (Å²) in [6, 6.07) is 14.9. The summed E-state index contributed by atoms with van der Waals surface area (Å²) >= 11 is 0. The van der Waals surface area contributed by atoms with E-state index in [1.807, 2.05) is 42.5 Å². The second kappa shape index (κ2) is 9.30. The summed E-state index contributed by atoms with van der Waals surface area (Å²) in [5.74, 6) is 1.10. The number of aromatic nitrogens is 4. The molecule has 4 aromatic rings. The molecule has 0 aliphatic heterocycles. The second-order valence-electron chi connectivity index (χ2n) is 7.08. The molecule has 8 nitrogen and oxygen atoms in total. The van der Waals surface area contributed by atoms with Gasteiger partial charge < -0.3 is 14.8 Å². The summed E-state index contributed by atoms with van der Waals surface area (Å²) < 4.78 is 12.3. The van der Waals surface area contributed by atoms with Gasteiger partial charge in [-0.15, -0.1) is 0 Å². The van der Waals surface area contributed by atoms with Gasteiger partial charge in [0.2, 0.25) is 0 Å². The topological polar surface area (TPSA) is 91.2 Å². The third-order valence-corrected chi connectivity index (χ3v) is 5.03. The lowest BCUT2D eigenvalue weighted by Crippen LogP contribution is -2.25. The molecule has 0 saturated carbocycles. The fraction of sp³-hybridized carbons (Fsp3) is 0.167. The van der Waals surface area contributed by atoms with Crippen LogP contribution in [0.25, 0.3) is 22.5 Å². The Bertz CT molecular complexity index is 1220. The molecule has 0 fully saturated rings. The first kappa shape index (κ1) is 21.0. The van der Waals surface area contributed by atoms with Gasteiger partial charge in [-0.05, 0) is 48.0 Å². The maximum absolute atomic E-state index is 12.8. The molecule has 3 heterocycles. The van der Waals surface area contributed by atoms with Crippen molar-refractivity contribution in [3.8, 4) is 34.0 Å². The van der Waals surface area contributed by atoms with Crippen LogP contribution in [0.1, 0.15) is 16.1 Å². The molecular formula is C24H23N5O3. The average molecular weight is 429 g/mol. The zero-order chi connectivity index (χ0) is 22.5. The Morgan fingerprint density at radius 3 is 2.59 bits per heavy atom. The molecule has 0 radical (unpaired) electrons. The SMILES string of the molecule is COc1ccc(OC)c(-c2cc(C(=O)NCc3ccc(-c4cccnc4)nc3)n(C)n2)c1. The minimum absolute atomic E-state index is 0.232. The number of carbonyl (C=O) groups is 1. The van der Waals surface area contributed by atoms with Crippen LogP contribution in [-0.4, -0.2) is 39.9 Å². The fourth-order valence-corrected chi connectivity index (χ4v) is 3.31. The van der Waals surface area contributed by atoms with Crippen molar-refractivity contribution in [1.29, 1.82) is 0 Å². The lowest BCUT2D eigenvalue weighted by molar-refractivity contribution is 0.0941. The average Bonchev–Trinajstić information content (AvgIpc) is 3.24. The van der Waals surface area contributed by atoms with Gasteiger partial charge in [-0.25, -0.2) is 0 Å². The summed E-state index contributed by atoms with van der Waals surface area (Å²) in [4.78, 5) is 21.4. The van der Waals surface area contributed by atoms with Crippen LogP contribution < -0.4 is 14.8 Å². The molecule has 0 saturated heterocycles. The van der Waals surface area contributed by atoms with E-state index >= 15 is 0 Å². The number of pyridine rings is 2. The Morgan fingerprint density at radius 1 is 1.03 bits per heavy atom. The predicted octanol–water partition coefficient (Wildman–Crippen LogP) is 3.49. The summed E-state index contributed by atoms with van der Waals surface area (Å²) in [6.45, 7) is 0.349. The van der Waals surface area contributed by atoms with E-state index in [1.165, 1.54) is 0 Å². The first-order chi connectivity index (χ1) is 15.6. The number of hydrogen-bond acceptors (Lipinski definition) is 6. The molecule has 4 rings (SSSR count). The van der Waals surface area contributed by atoms with E-state index < -0.39 is 0 Å². The van der Waals surface area contributed by atoms with E-state index in [0.717, 1.165) is 22.4 Å². The molecule has 1 aromatic carbocycles. The van der Waals surface area contributed by atoms with Gasteiger partial charge in [0.05, 0.1) is 25.6 Å². The van der Waals surface area contributed by atoms with Crippen LogP contribution in [0.2, 0.25) is 0 Å². The molecule has 3 aromatic heterocycles. The van der Waals surface area contributed by atoms with Crippen molar-refractivity contribution in [3.63, 3.8) is 0 Å². The van der Waals surface area contributed by atoms with Crippen molar-refractivity contribution in [1.82, 2.24) is 25.1 Å². The highest BCUT2D eigenvalue weighted by Gasteiger charge is 2.17. The number of nitrogens with one attached hydrogen (secondary N) is 1. The number of ether oxygens (including phenoxy) is 2. The van der Waals surface area contributed by atoms with Gasteiger partial charge in [0.25, 0.3) is 5.91 Å². The number of methoxy groups -OCH3 is 2. The van der Waals surface area contributed by atoms with E-state index in [-0.39, 0.29) is 5.91 Å². The van der Waals surface area contributed by atoms with Crippen LogP contribution in [0.3, 0.4) is 0 Å². The van der Waals surface area contributed by atoms with Crippen molar-refractivity contribution < 1.29 is 14.3 Å². The van der Waals surface area contributed by atoms with Gasteiger partial charge >= 0.3 is 0 Å². The zero-order valence-corrected chi connectivity index (χ0v) is 18.1. The number of nitrogens with zero attached hydrogens (tertiary/aromatic N) is 4. The first-order valence-electron chi connectivity index (χ1n) is 9.99. The molecule has 0 spiro atoms. The standard InChI is InChI=1S/C24H23N5O3/c1-29-22(12-21(28-29)19-11-18(31-2)7-9-23(19)32-3)24(30)27-14-16-6-8-20(26-13-16)17-5-4-10-25-15-17/h4-13,15H,14H2,1-3H3,(H,27,30). The van der Waals surface area contributed by atoms with Crippen molar-refractivity contribution in [2.45, 2.75) is 6.54 Å². The number of rotatable bonds is 7. The highest BCUT2D eigenvalue weighted by molar-refractivity contribution is 5.94. The maximum atomic E-state index is 12.8. The van der Waals surface area contributed by atoms with Crippen LogP contribution >= 0.6 is 0 Å². The summed E-state index contributed by atoms with van der Waals surface area (Å²) in [7, 11) is 4.92. The quantitative estimate of drug-likeness (QED) is 0.484. The second-order valence-corrected chi connectivity index (χ2v) is 7.08. The lowest BCUT2D eigenvalue weighted by Gasteiger charge is -2.08. The van der Waals surface area contributed by atoms with Gasteiger partial charge in [0.15, 0.2) is 0 Å². The molecule has 1 N–H and O–H groups in total. The van der Waals surface area contributed by atoms with Crippen molar-refractivity contribution in [3.05, 3.63) is 78.4 Å². The number of benzene rings is 1. The monoisotopic (exact) mass is 429 g/mol. The normalized spacial score (nSPS) is 10.6. The molecule has 0 aliphatic carbocycles. The Hall–Kier alpha value is -4.20. The van der Waals surface area contributed by atoms with Gasteiger partial charge in [-0.3, -0.25) is 19.4 Å². The first-order valence-corrected chi connectivity index (χ1v) is 9.99. The lowest BCUT2D eigenvalue weighted by atomic mass is 10.1. The molecular weight excluding hydrogens is 406 g/mol. The maximum Gasteiger partial charge on any atom is 0.269 e. The predicted molar refractivity (Wildman–Crippen MR) is 120 cm³/mol. The fourth-order valence-electron chi connectivity index (χ4n) is 3.31. The van der Waals surface area contributed by atoms with Crippen LogP contribution in [0.15, 0.2) is 67.1 Å². The Kier molecular flexibility index (Phi) is 6.12. The minimum atomic E-state index is -0.232. The summed E-state index contributed by atoms with van der Waals surface area (Å²) in [5, 5.41) is 7.41. The van der Waals surface area contributed by atoms with Crippen LogP contribution in [0, 0.1) is 0 Å². The number of aryl methyl sites for hydroxylation is 1. The zero-order valence-electron chi connectivity index (χ0n) is 18.1. The van der Waals surface area contributed by atoms with Crippen molar-refractivity contribution >= 4 is 5.91 Å². The smallest absolute Gasteiger partial charge is 0.269 e. The summed E-state index contributed by atoms with van der Waals surface area (Å²) in [5.41, 5.74) is 4.47. The molecule has 32 heavy (non-hydrogen) atoms. The van der Waals surface area contributed by atoms with Crippen LogP contribution in [-0.2, 0) is 13.6 Å². The van der Waals surface area contributed by atoms with E-state index in [4.69, 9.17) is 9.47 Å². The van der Waals surface area contributed by atoms with E-state index in [0.29, 0.717) is 29.4 Å². The van der Waals surface area contributed by atoms with Gasteiger partial charge in [0.1, 0.15) is 17.2 Å². The molecule has 162 valence electrons. The van der Waals surface area contributed by atoms with E-state index in [2.05, 4.69) is 20.4 Å². The molecule has 8 heteroatoms. The molecule has 0 bridgehead atoms. The highest BCUT2D eigenvalue weighted by atomic mass is 16.5. The number of hydrogen-bond donors (Lipinski definition) is 1. The minimum Gasteiger partial charge on any atom is -0.497 e. The molecule has 1 amide bonds. The highest BCUT2D eigenvalue weighted by Crippen LogP contribution is 2.32. The van der Waals surface area contributed by atoms with E-state index in [1.54, 1.807) is 50.6 Å². The Morgan fingerprint density at radius 2 is 1.91 bits per heavy atom. The van der Waals surface area contributed by atoms with Crippen molar-refractivity contribution in [2.75, 3.05) is 14.2 Å². The Labute approximate surface area is 185 Å². The third kappa shape index (κ3) is 4.44. The van der Waals surface area contributed by atoms with Crippen LogP contribution in [0.5, 0.6) is 11.5 Å². The van der Waals surface area contributed by atoms with Crippen molar-refractivity contribution in [2.24, 2.45) is 7.05 Å². The van der Waals surface area contributed by atoms with E-state index in [9.17, 15) is 4.79 Å². The van der Waals surface area contributed by atoms with Gasteiger partial charge in [-0.1, -0.05) is 6.07 Å². The molecule has 0 atom stereocenters. The number of carbonyl (C=O) groups excluding carboxylic acids is 1. The number of amides is 1. The Balaban J connectivity index is 1.47. The van der Waals surface area contributed by atoms with Crippen LogP contribution in [0.4, 0.5) is 0 Å². The van der Waals surface area contributed by atoms with Gasteiger partial charge in [-0.2, -0.15) is 5.10 Å². The molecule has 0 aliphatic rings. The third-order valence-electron chi connectivity index (χ3n) is 5.03. The largest absolute Gasteiger partial charge is 0.497 e.